The molecule has 154 valence electrons. The van der Waals surface area contributed by atoms with E-state index in [9.17, 15) is 0 Å². The molecule has 0 aromatic heterocycles. The summed E-state index contributed by atoms with van der Waals surface area (Å²) >= 11 is 0. The van der Waals surface area contributed by atoms with Crippen molar-refractivity contribution in [1.29, 1.82) is 0 Å². The first-order chi connectivity index (χ1) is 13.3. The number of methoxy groups -OCH3 is 4. The quantitative estimate of drug-likeness (QED) is 0.685. The first kappa shape index (κ1) is 21.9. The van der Waals surface area contributed by atoms with Gasteiger partial charge in [-0.25, -0.2) is 0 Å². The first-order valence-corrected chi connectivity index (χ1v) is 9.30. The molecule has 1 unspecified atom stereocenters. The molecule has 2 aromatic rings. The van der Waals surface area contributed by atoms with Gasteiger partial charge in [0.1, 0.15) is 23.0 Å². The highest BCUT2D eigenvalue weighted by Gasteiger charge is 2.38. The van der Waals surface area contributed by atoms with Crippen LogP contribution in [-0.2, 0) is 5.54 Å². The van der Waals surface area contributed by atoms with Crippen molar-refractivity contribution in [2.45, 2.75) is 31.8 Å². The van der Waals surface area contributed by atoms with E-state index >= 15 is 0 Å². The van der Waals surface area contributed by atoms with E-state index in [-0.39, 0.29) is 6.04 Å². The smallest absolute Gasteiger partial charge is 0.122 e. The SMILES string of the molecule is COc1cc(OC)cc(C(N)(c2cc(OC)cc(OC)c2)C(N)CC(C)C)c1. The maximum Gasteiger partial charge on any atom is 0.122 e. The Hall–Kier alpha value is -2.44. The van der Waals surface area contributed by atoms with Crippen molar-refractivity contribution in [3.63, 3.8) is 0 Å². The largest absolute Gasteiger partial charge is 0.497 e. The van der Waals surface area contributed by atoms with Crippen LogP contribution in [0.5, 0.6) is 23.0 Å². The second-order valence-corrected chi connectivity index (χ2v) is 7.31. The Morgan fingerprint density at radius 2 is 1.04 bits per heavy atom. The summed E-state index contributed by atoms with van der Waals surface area (Å²) in [7, 11) is 6.44. The van der Waals surface area contributed by atoms with Crippen molar-refractivity contribution < 1.29 is 18.9 Å². The maximum atomic E-state index is 7.08. The Balaban J connectivity index is 2.75. The van der Waals surface area contributed by atoms with Crippen LogP contribution in [0.3, 0.4) is 0 Å². The van der Waals surface area contributed by atoms with Gasteiger partial charge in [0.15, 0.2) is 0 Å². The van der Waals surface area contributed by atoms with Gasteiger partial charge in [0, 0.05) is 18.2 Å². The molecule has 0 saturated carbocycles. The lowest BCUT2D eigenvalue weighted by Gasteiger charge is -2.38. The van der Waals surface area contributed by atoms with E-state index in [2.05, 4.69) is 13.8 Å². The van der Waals surface area contributed by atoms with Crippen LogP contribution in [0.4, 0.5) is 0 Å². The standard InChI is InChI=1S/C22H32N2O4/c1-14(2)7-21(23)22(24,15-8-17(25-3)12-18(9-15)26-4)16-10-19(27-5)13-20(11-16)28-6/h8-14,21H,7,23-24H2,1-6H3. The number of hydrogen-bond donors (Lipinski definition) is 2. The summed E-state index contributed by atoms with van der Waals surface area (Å²) in [4.78, 5) is 0. The number of rotatable bonds is 9. The van der Waals surface area contributed by atoms with Crippen LogP contribution in [-0.4, -0.2) is 34.5 Å². The predicted molar refractivity (Wildman–Crippen MR) is 111 cm³/mol. The molecule has 2 rings (SSSR count). The molecule has 6 nitrogen and oxygen atoms in total. The molecule has 0 bridgehead atoms. The molecular formula is C22H32N2O4. The minimum absolute atomic E-state index is 0.360. The second-order valence-electron chi connectivity index (χ2n) is 7.31. The monoisotopic (exact) mass is 388 g/mol. The summed E-state index contributed by atoms with van der Waals surface area (Å²) < 4.78 is 21.8. The summed E-state index contributed by atoms with van der Waals surface area (Å²) in [5, 5.41) is 0. The minimum Gasteiger partial charge on any atom is -0.497 e. The summed E-state index contributed by atoms with van der Waals surface area (Å²) in [6.07, 6.45) is 0.732. The van der Waals surface area contributed by atoms with E-state index in [1.54, 1.807) is 28.4 Å². The van der Waals surface area contributed by atoms with Crippen LogP contribution in [0.15, 0.2) is 36.4 Å². The fraction of sp³-hybridized carbons (Fsp3) is 0.455. The van der Waals surface area contributed by atoms with E-state index in [4.69, 9.17) is 30.4 Å². The zero-order valence-electron chi connectivity index (χ0n) is 17.6. The Bertz CT molecular complexity index is 692. The summed E-state index contributed by atoms with van der Waals surface area (Å²) in [6.45, 7) is 4.25. The molecule has 0 saturated heterocycles. The van der Waals surface area contributed by atoms with Crippen molar-refractivity contribution >= 4 is 0 Å². The van der Waals surface area contributed by atoms with Crippen molar-refractivity contribution in [2.24, 2.45) is 17.4 Å². The molecule has 0 amide bonds. The fourth-order valence-electron chi connectivity index (χ4n) is 3.38. The molecule has 0 heterocycles. The number of hydrogen-bond acceptors (Lipinski definition) is 6. The topological polar surface area (TPSA) is 89.0 Å². The van der Waals surface area contributed by atoms with Gasteiger partial charge in [-0.3, -0.25) is 0 Å². The second kappa shape index (κ2) is 9.17. The average Bonchev–Trinajstić information content (AvgIpc) is 2.71. The summed E-state index contributed by atoms with van der Waals surface area (Å²) in [5.74, 6) is 2.97. The van der Waals surface area contributed by atoms with Gasteiger partial charge in [-0.2, -0.15) is 0 Å². The molecule has 4 N–H and O–H groups in total. The molecule has 0 radical (unpaired) electrons. The molecule has 0 aliphatic carbocycles. The Kier molecular flexibility index (Phi) is 7.16. The predicted octanol–water partition coefficient (Wildman–Crippen LogP) is 3.30. The van der Waals surface area contributed by atoms with E-state index in [0.29, 0.717) is 28.9 Å². The van der Waals surface area contributed by atoms with Crippen LogP contribution in [0.25, 0.3) is 0 Å². The fourth-order valence-corrected chi connectivity index (χ4v) is 3.38. The Labute approximate surface area is 167 Å². The van der Waals surface area contributed by atoms with E-state index in [1.807, 2.05) is 36.4 Å². The molecule has 6 heteroatoms. The first-order valence-electron chi connectivity index (χ1n) is 9.30. The van der Waals surface area contributed by atoms with Gasteiger partial charge in [0.2, 0.25) is 0 Å². The summed E-state index contributed by atoms with van der Waals surface area (Å²) in [6, 6.07) is 10.8. The number of nitrogens with two attached hydrogens (primary N) is 2. The van der Waals surface area contributed by atoms with Gasteiger partial charge in [-0.05, 0) is 47.7 Å². The number of benzene rings is 2. The van der Waals surface area contributed by atoms with E-state index in [0.717, 1.165) is 17.5 Å². The molecule has 1 atom stereocenters. The lowest BCUT2D eigenvalue weighted by molar-refractivity contribution is 0.346. The molecule has 0 aliphatic rings. The van der Waals surface area contributed by atoms with Crippen LogP contribution in [0.1, 0.15) is 31.4 Å². The average molecular weight is 389 g/mol. The molecule has 0 fully saturated rings. The van der Waals surface area contributed by atoms with Gasteiger partial charge in [-0.15, -0.1) is 0 Å². The van der Waals surface area contributed by atoms with Crippen molar-refractivity contribution in [2.75, 3.05) is 28.4 Å². The molecule has 0 aliphatic heterocycles. The van der Waals surface area contributed by atoms with Gasteiger partial charge < -0.3 is 30.4 Å². The minimum atomic E-state index is -1.01. The number of ether oxygens (including phenoxy) is 4. The van der Waals surface area contributed by atoms with Crippen LogP contribution < -0.4 is 30.4 Å². The zero-order chi connectivity index (χ0) is 20.9. The molecular weight excluding hydrogens is 356 g/mol. The highest BCUT2D eigenvalue weighted by molar-refractivity contribution is 5.51. The third-order valence-electron chi connectivity index (χ3n) is 4.97. The van der Waals surface area contributed by atoms with Crippen molar-refractivity contribution in [3.8, 4) is 23.0 Å². The molecule has 0 spiro atoms. The van der Waals surface area contributed by atoms with Crippen LogP contribution in [0.2, 0.25) is 0 Å². The zero-order valence-corrected chi connectivity index (χ0v) is 17.6. The summed E-state index contributed by atoms with van der Waals surface area (Å²) in [5.41, 5.74) is 14.4. The van der Waals surface area contributed by atoms with Gasteiger partial charge in [0.05, 0.1) is 34.0 Å². The molecule has 2 aromatic carbocycles. The normalized spacial score (nSPS) is 12.6. The van der Waals surface area contributed by atoms with Crippen molar-refractivity contribution in [1.82, 2.24) is 0 Å². The lowest BCUT2D eigenvalue weighted by atomic mass is 9.75. The van der Waals surface area contributed by atoms with Crippen LogP contribution in [0, 0.1) is 5.92 Å². The lowest BCUT2D eigenvalue weighted by Crippen LogP contribution is -2.54. The third kappa shape index (κ3) is 4.51. The molecule has 28 heavy (non-hydrogen) atoms. The maximum absolute atomic E-state index is 7.08. The third-order valence-corrected chi connectivity index (χ3v) is 4.97. The highest BCUT2D eigenvalue weighted by atomic mass is 16.5. The van der Waals surface area contributed by atoms with Crippen molar-refractivity contribution in [3.05, 3.63) is 47.5 Å². The van der Waals surface area contributed by atoms with Gasteiger partial charge >= 0.3 is 0 Å². The van der Waals surface area contributed by atoms with Gasteiger partial charge in [0.25, 0.3) is 0 Å². The Morgan fingerprint density at radius 1 is 0.714 bits per heavy atom. The highest BCUT2D eigenvalue weighted by Crippen LogP contribution is 2.39. The van der Waals surface area contributed by atoms with E-state index < -0.39 is 5.54 Å². The Morgan fingerprint density at radius 3 is 1.29 bits per heavy atom. The van der Waals surface area contributed by atoms with E-state index in [1.165, 1.54) is 0 Å². The van der Waals surface area contributed by atoms with Crippen LogP contribution >= 0.6 is 0 Å². The van der Waals surface area contributed by atoms with Gasteiger partial charge in [-0.1, -0.05) is 13.8 Å².